The molecule has 0 saturated heterocycles. The van der Waals surface area contributed by atoms with E-state index in [0.717, 1.165) is 12.8 Å². The Hall–Kier alpha value is -2.17. The van der Waals surface area contributed by atoms with Crippen LogP contribution in [0.15, 0.2) is 24.3 Å². The van der Waals surface area contributed by atoms with E-state index in [-0.39, 0.29) is 23.7 Å². The summed E-state index contributed by atoms with van der Waals surface area (Å²) in [5.41, 5.74) is -1.21. The zero-order valence-corrected chi connectivity index (χ0v) is 12.5. The van der Waals surface area contributed by atoms with Crippen LogP contribution in [-0.2, 0) is 15.0 Å². The van der Waals surface area contributed by atoms with Crippen molar-refractivity contribution in [1.29, 1.82) is 0 Å². The summed E-state index contributed by atoms with van der Waals surface area (Å²) in [6, 6.07) is 6.02. The Balaban J connectivity index is 2.36. The van der Waals surface area contributed by atoms with Gasteiger partial charge in [0.2, 0.25) is 0 Å². The second kappa shape index (κ2) is 6.30. The smallest absolute Gasteiger partial charge is 0.325 e. The number of aliphatic carboxylic acids is 2. The van der Waals surface area contributed by atoms with E-state index in [2.05, 4.69) is 0 Å². The molecule has 0 aliphatic heterocycles. The first kappa shape index (κ1) is 16.2. The molecule has 22 heavy (non-hydrogen) atoms. The maximum absolute atomic E-state index is 12.0. The summed E-state index contributed by atoms with van der Waals surface area (Å²) in [6.07, 6.45) is 3.03. The van der Waals surface area contributed by atoms with E-state index in [0.29, 0.717) is 18.4 Å². The molecule has 0 radical (unpaired) electrons. The number of rotatable bonds is 8. The van der Waals surface area contributed by atoms with E-state index in [1.54, 1.807) is 12.1 Å². The Kier molecular flexibility index (Phi) is 4.64. The second-order valence-electron chi connectivity index (χ2n) is 5.84. The van der Waals surface area contributed by atoms with Crippen LogP contribution in [0.25, 0.3) is 0 Å². The van der Waals surface area contributed by atoms with E-state index in [1.807, 2.05) is 6.92 Å². The number of carbonyl (C=O) groups excluding carboxylic acids is 1. The molecule has 1 aromatic carbocycles. The van der Waals surface area contributed by atoms with Crippen LogP contribution in [0.3, 0.4) is 0 Å². The summed E-state index contributed by atoms with van der Waals surface area (Å²) in [6.45, 7) is 1.88. The predicted octanol–water partition coefficient (Wildman–Crippen LogP) is 2.88. The number of carbonyl (C=O) groups is 3. The zero-order valence-electron chi connectivity index (χ0n) is 12.5. The summed E-state index contributed by atoms with van der Waals surface area (Å²) in [7, 11) is 0. The Morgan fingerprint density at radius 3 is 2.05 bits per heavy atom. The van der Waals surface area contributed by atoms with Crippen molar-refractivity contribution in [2.45, 2.75) is 44.4 Å². The Morgan fingerprint density at radius 1 is 1.09 bits per heavy atom. The average molecular weight is 304 g/mol. The number of carboxylic acid groups (broad SMARTS) is 2. The Labute approximate surface area is 129 Å². The molecule has 1 aliphatic carbocycles. The highest BCUT2D eigenvalue weighted by molar-refractivity contribution is 6.05. The largest absolute Gasteiger partial charge is 0.480 e. The monoisotopic (exact) mass is 304 g/mol. The quantitative estimate of drug-likeness (QED) is 0.569. The fourth-order valence-electron chi connectivity index (χ4n) is 2.64. The first-order valence-electron chi connectivity index (χ1n) is 7.55. The van der Waals surface area contributed by atoms with Gasteiger partial charge in [-0.15, -0.1) is 0 Å². The average Bonchev–Trinajstić information content (AvgIpc) is 3.32. The fraction of sp³-hybridized carbons (Fsp3) is 0.471. The molecule has 0 atom stereocenters. The van der Waals surface area contributed by atoms with Gasteiger partial charge in [-0.05, 0) is 24.8 Å². The van der Waals surface area contributed by atoms with Crippen molar-refractivity contribution in [1.82, 2.24) is 0 Å². The van der Waals surface area contributed by atoms with Crippen molar-refractivity contribution in [3.05, 3.63) is 35.4 Å². The molecule has 1 aliphatic rings. The van der Waals surface area contributed by atoms with Crippen LogP contribution in [0.5, 0.6) is 0 Å². The number of ketones is 1. The molecule has 1 saturated carbocycles. The minimum absolute atomic E-state index is 0.0318. The fourth-order valence-corrected chi connectivity index (χ4v) is 2.64. The maximum Gasteiger partial charge on any atom is 0.325 e. The molecule has 0 unspecified atom stereocenters. The van der Waals surface area contributed by atoms with Gasteiger partial charge in [-0.1, -0.05) is 44.0 Å². The topological polar surface area (TPSA) is 91.7 Å². The van der Waals surface area contributed by atoms with E-state index in [9.17, 15) is 24.6 Å². The molecule has 0 bridgehead atoms. The van der Waals surface area contributed by atoms with Gasteiger partial charge in [-0.25, -0.2) is 0 Å². The van der Waals surface area contributed by atoms with Gasteiger partial charge in [-0.3, -0.25) is 14.4 Å². The SMILES string of the molecule is CCCCC(C(=O)O)(C(=O)O)c1ccc(C(=O)C2CC2)cc1. The molecule has 0 amide bonds. The Morgan fingerprint density at radius 2 is 1.64 bits per heavy atom. The molecular formula is C17H20O5. The van der Waals surface area contributed by atoms with Gasteiger partial charge < -0.3 is 10.2 Å². The van der Waals surface area contributed by atoms with Gasteiger partial charge in [0.05, 0.1) is 0 Å². The maximum atomic E-state index is 12.0. The number of carboxylic acids is 2. The lowest BCUT2D eigenvalue weighted by molar-refractivity contribution is -0.158. The van der Waals surface area contributed by atoms with Gasteiger partial charge in [0.25, 0.3) is 0 Å². The van der Waals surface area contributed by atoms with Crippen molar-refractivity contribution in [2.75, 3.05) is 0 Å². The van der Waals surface area contributed by atoms with Crippen molar-refractivity contribution in [3.8, 4) is 0 Å². The minimum atomic E-state index is -1.95. The van der Waals surface area contributed by atoms with Gasteiger partial charge in [0.15, 0.2) is 11.2 Å². The van der Waals surface area contributed by atoms with E-state index in [4.69, 9.17) is 0 Å². The number of hydrogen-bond acceptors (Lipinski definition) is 3. The molecule has 5 nitrogen and oxygen atoms in total. The lowest BCUT2D eigenvalue weighted by Crippen LogP contribution is -2.43. The van der Waals surface area contributed by atoms with E-state index < -0.39 is 17.4 Å². The minimum Gasteiger partial charge on any atom is -0.480 e. The highest BCUT2D eigenvalue weighted by atomic mass is 16.4. The number of Topliss-reactive ketones (excluding diaryl/α,β-unsaturated/α-hetero) is 1. The van der Waals surface area contributed by atoms with Crippen LogP contribution < -0.4 is 0 Å². The molecule has 0 aromatic heterocycles. The molecule has 1 fully saturated rings. The lowest BCUT2D eigenvalue weighted by Gasteiger charge is -2.25. The van der Waals surface area contributed by atoms with Crippen LogP contribution in [0.1, 0.15) is 54.9 Å². The molecule has 2 rings (SSSR count). The zero-order chi connectivity index (χ0) is 16.3. The molecule has 2 N–H and O–H groups in total. The van der Waals surface area contributed by atoms with Crippen molar-refractivity contribution in [2.24, 2.45) is 5.92 Å². The first-order chi connectivity index (χ1) is 10.4. The van der Waals surface area contributed by atoms with Crippen molar-refractivity contribution < 1.29 is 24.6 Å². The van der Waals surface area contributed by atoms with Crippen LogP contribution in [0, 0.1) is 5.92 Å². The highest BCUT2D eigenvalue weighted by Gasteiger charge is 2.47. The second-order valence-corrected chi connectivity index (χ2v) is 5.84. The third-order valence-electron chi connectivity index (χ3n) is 4.25. The van der Waals surface area contributed by atoms with Gasteiger partial charge in [-0.2, -0.15) is 0 Å². The molecule has 0 spiro atoms. The van der Waals surface area contributed by atoms with Crippen LogP contribution >= 0.6 is 0 Å². The first-order valence-corrected chi connectivity index (χ1v) is 7.55. The number of hydrogen-bond donors (Lipinski definition) is 2. The predicted molar refractivity (Wildman–Crippen MR) is 80.0 cm³/mol. The van der Waals surface area contributed by atoms with Crippen LogP contribution in [-0.4, -0.2) is 27.9 Å². The van der Waals surface area contributed by atoms with Gasteiger partial charge in [0.1, 0.15) is 0 Å². The molecule has 5 heteroatoms. The molecule has 118 valence electrons. The normalized spacial score (nSPS) is 14.6. The third-order valence-corrected chi connectivity index (χ3v) is 4.25. The summed E-state index contributed by atoms with van der Waals surface area (Å²) in [5.74, 6) is -2.60. The Bertz CT molecular complexity index is 570. The van der Waals surface area contributed by atoms with Gasteiger partial charge >= 0.3 is 11.9 Å². The molecule has 1 aromatic rings. The number of benzene rings is 1. The molecule has 0 heterocycles. The van der Waals surface area contributed by atoms with Crippen LogP contribution in [0.4, 0.5) is 0 Å². The van der Waals surface area contributed by atoms with E-state index in [1.165, 1.54) is 12.1 Å². The summed E-state index contributed by atoms with van der Waals surface area (Å²) in [4.78, 5) is 35.3. The summed E-state index contributed by atoms with van der Waals surface area (Å²) in [5, 5.41) is 19.0. The van der Waals surface area contributed by atoms with E-state index >= 15 is 0 Å². The standard InChI is InChI=1S/C17H20O5/c1-2-3-10-17(15(19)20,16(21)22)13-8-6-12(7-9-13)14(18)11-4-5-11/h6-9,11H,2-5,10H2,1H3,(H,19,20)(H,21,22). The number of unbranched alkanes of at least 4 members (excludes halogenated alkanes) is 1. The highest BCUT2D eigenvalue weighted by Crippen LogP contribution is 2.35. The lowest BCUT2D eigenvalue weighted by atomic mass is 9.76. The third kappa shape index (κ3) is 2.89. The van der Waals surface area contributed by atoms with Crippen molar-refractivity contribution in [3.63, 3.8) is 0 Å². The van der Waals surface area contributed by atoms with Gasteiger partial charge in [0, 0.05) is 11.5 Å². The van der Waals surface area contributed by atoms with Crippen molar-refractivity contribution >= 4 is 17.7 Å². The summed E-state index contributed by atoms with van der Waals surface area (Å²) < 4.78 is 0. The summed E-state index contributed by atoms with van der Waals surface area (Å²) >= 11 is 0. The molecular weight excluding hydrogens is 284 g/mol. The van der Waals surface area contributed by atoms with Crippen LogP contribution in [0.2, 0.25) is 0 Å².